The quantitative estimate of drug-likeness (QED) is 0.499. The van der Waals surface area contributed by atoms with Crippen LogP contribution in [0.1, 0.15) is 19.0 Å². The lowest BCUT2D eigenvalue weighted by atomic mass is 10.3. The molecule has 0 fully saturated rings. The van der Waals surface area contributed by atoms with Crippen LogP contribution in [0.15, 0.2) is 46.5 Å². The number of aromatic nitrogens is 4. The first kappa shape index (κ1) is 20.3. The van der Waals surface area contributed by atoms with Crippen molar-refractivity contribution < 1.29 is 17.9 Å². The van der Waals surface area contributed by atoms with Crippen molar-refractivity contribution in [1.82, 2.24) is 20.2 Å². The molecule has 2 heterocycles. The third-order valence-electron chi connectivity index (χ3n) is 3.87. The second-order valence-electron chi connectivity index (χ2n) is 6.06. The molecule has 0 aliphatic rings. The van der Waals surface area contributed by atoms with Crippen LogP contribution in [0.2, 0.25) is 0 Å². The highest BCUT2D eigenvalue weighted by molar-refractivity contribution is 7.91. The van der Waals surface area contributed by atoms with E-state index in [1.54, 1.807) is 13.0 Å². The van der Waals surface area contributed by atoms with Gasteiger partial charge in [-0.25, -0.2) is 13.4 Å². The van der Waals surface area contributed by atoms with Crippen LogP contribution in [0.4, 0.5) is 17.3 Å². The van der Waals surface area contributed by atoms with Gasteiger partial charge in [0.05, 0.1) is 17.7 Å². The Labute approximate surface area is 167 Å². The SMILES string of the molecule is CCC(=O)Nc1ccc(S(=O)(=O)c2nc(Nc3cc(C)n[nH]3)cc(OC)n2)cc1. The largest absolute Gasteiger partial charge is 0.481 e. The van der Waals surface area contributed by atoms with E-state index in [9.17, 15) is 13.2 Å². The molecule has 1 aromatic carbocycles. The molecule has 0 saturated carbocycles. The molecule has 0 radical (unpaired) electrons. The molecule has 2 aromatic heterocycles. The molecule has 11 heteroatoms. The van der Waals surface area contributed by atoms with Crippen LogP contribution in [0, 0.1) is 6.92 Å². The average molecular weight is 416 g/mol. The Hall–Kier alpha value is -3.47. The van der Waals surface area contributed by atoms with Crippen molar-refractivity contribution in [3.63, 3.8) is 0 Å². The van der Waals surface area contributed by atoms with Crippen molar-refractivity contribution in [2.75, 3.05) is 17.7 Å². The number of aromatic amines is 1. The number of sulfone groups is 1. The molecule has 10 nitrogen and oxygen atoms in total. The zero-order chi connectivity index (χ0) is 21.0. The molecule has 3 aromatic rings. The number of anilines is 3. The number of nitrogens with one attached hydrogen (secondary N) is 3. The van der Waals surface area contributed by atoms with Crippen LogP contribution >= 0.6 is 0 Å². The van der Waals surface area contributed by atoms with Gasteiger partial charge in [0.25, 0.3) is 5.16 Å². The summed E-state index contributed by atoms with van der Waals surface area (Å²) in [6.45, 7) is 3.54. The van der Waals surface area contributed by atoms with E-state index in [0.29, 0.717) is 17.9 Å². The number of hydrogen-bond donors (Lipinski definition) is 3. The monoisotopic (exact) mass is 416 g/mol. The minimum atomic E-state index is -4.01. The van der Waals surface area contributed by atoms with Crippen molar-refractivity contribution in [1.29, 1.82) is 0 Å². The molecule has 0 aliphatic carbocycles. The minimum Gasteiger partial charge on any atom is -0.481 e. The Morgan fingerprint density at radius 1 is 1.17 bits per heavy atom. The standard InChI is InChI=1S/C18H20N6O4S/c1-4-16(25)19-12-5-7-13(8-6-12)29(26,27)18-21-14(10-17(22-18)28-3)20-15-9-11(2)23-24-15/h5-10H,4H2,1-3H3,(H,19,25)(H2,20,21,22,23,24). The van der Waals surface area contributed by atoms with E-state index in [0.717, 1.165) is 5.69 Å². The van der Waals surface area contributed by atoms with E-state index in [1.807, 2.05) is 6.92 Å². The lowest BCUT2D eigenvalue weighted by Crippen LogP contribution is -2.11. The van der Waals surface area contributed by atoms with E-state index < -0.39 is 15.0 Å². The first-order valence-electron chi connectivity index (χ1n) is 8.69. The highest BCUT2D eigenvalue weighted by Gasteiger charge is 2.23. The van der Waals surface area contributed by atoms with E-state index >= 15 is 0 Å². The number of nitrogens with zero attached hydrogens (tertiary/aromatic N) is 3. The predicted octanol–water partition coefficient (Wildman–Crippen LogP) is 2.44. The molecule has 0 saturated heterocycles. The number of rotatable bonds is 7. The van der Waals surface area contributed by atoms with Gasteiger partial charge in [0, 0.05) is 24.2 Å². The Balaban J connectivity index is 1.93. The fraction of sp³-hybridized carbons (Fsp3) is 0.222. The van der Waals surface area contributed by atoms with Gasteiger partial charge in [-0.05, 0) is 31.2 Å². The number of benzene rings is 1. The molecule has 3 N–H and O–H groups in total. The van der Waals surface area contributed by atoms with Crippen LogP contribution in [0.3, 0.4) is 0 Å². The summed E-state index contributed by atoms with van der Waals surface area (Å²) in [6.07, 6.45) is 0.323. The summed E-state index contributed by atoms with van der Waals surface area (Å²) in [4.78, 5) is 19.5. The van der Waals surface area contributed by atoms with Gasteiger partial charge < -0.3 is 15.4 Å². The molecule has 29 heavy (non-hydrogen) atoms. The van der Waals surface area contributed by atoms with Crippen molar-refractivity contribution in [3.05, 3.63) is 42.1 Å². The normalized spacial score (nSPS) is 11.1. The number of ether oxygens (including phenoxy) is 1. The number of hydrogen-bond acceptors (Lipinski definition) is 8. The summed E-state index contributed by atoms with van der Waals surface area (Å²) in [5, 5.41) is 11.9. The van der Waals surface area contributed by atoms with Gasteiger partial charge in [-0.2, -0.15) is 10.1 Å². The van der Waals surface area contributed by atoms with Gasteiger partial charge in [0.2, 0.25) is 21.6 Å². The molecular weight excluding hydrogens is 396 g/mol. The number of carbonyl (C=O) groups excluding carboxylic acids is 1. The smallest absolute Gasteiger partial charge is 0.257 e. The fourth-order valence-corrected chi connectivity index (χ4v) is 3.52. The number of H-pyrrole nitrogens is 1. The van der Waals surface area contributed by atoms with E-state index in [1.165, 1.54) is 37.4 Å². The highest BCUT2D eigenvalue weighted by atomic mass is 32.2. The fourth-order valence-electron chi connectivity index (χ4n) is 2.39. The van der Waals surface area contributed by atoms with Gasteiger partial charge in [0.15, 0.2) is 0 Å². The summed E-state index contributed by atoms with van der Waals surface area (Å²) in [6, 6.07) is 8.99. The zero-order valence-corrected chi connectivity index (χ0v) is 16.9. The summed E-state index contributed by atoms with van der Waals surface area (Å²) in [5.74, 6) is 0.694. The maximum atomic E-state index is 13.0. The molecule has 0 aliphatic heterocycles. The minimum absolute atomic E-state index is 0.0106. The topological polar surface area (TPSA) is 139 Å². The van der Waals surface area contributed by atoms with Gasteiger partial charge in [-0.1, -0.05) is 6.92 Å². The predicted molar refractivity (Wildman–Crippen MR) is 106 cm³/mol. The van der Waals surface area contributed by atoms with E-state index in [4.69, 9.17) is 4.74 Å². The Kier molecular flexibility index (Phi) is 5.78. The Morgan fingerprint density at radius 3 is 2.48 bits per heavy atom. The van der Waals surface area contributed by atoms with Crippen LogP contribution < -0.4 is 15.4 Å². The molecule has 0 bridgehead atoms. The third kappa shape index (κ3) is 4.69. The van der Waals surface area contributed by atoms with E-state index in [2.05, 4.69) is 30.8 Å². The highest BCUT2D eigenvalue weighted by Crippen LogP contribution is 2.24. The number of aryl methyl sites for hydroxylation is 1. The lowest BCUT2D eigenvalue weighted by Gasteiger charge is -2.09. The first-order valence-corrected chi connectivity index (χ1v) is 10.2. The maximum absolute atomic E-state index is 13.0. The van der Waals surface area contributed by atoms with E-state index in [-0.39, 0.29) is 22.5 Å². The Morgan fingerprint density at radius 2 is 1.90 bits per heavy atom. The second-order valence-corrected chi connectivity index (χ2v) is 7.90. The molecule has 0 unspecified atom stereocenters. The molecule has 3 rings (SSSR count). The molecule has 1 amide bonds. The van der Waals surface area contributed by atoms with Gasteiger partial charge in [0.1, 0.15) is 11.6 Å². The molecule has 0 atom stereocenters. The van der Waals surface area contributed by atoms with Crippen LogP contribution in [0.5, 0.6) is 5.88 Å². The van der Waals surface area contributed by atoms with Crippen LogP contribution in [0.25, 0.3) is 0 Å². The number of amides is 1. The Bertz CT molecular complexity index is 1130. The maximum Gasteiger partial charge on any atom is 0.257 e. The van der Waals surface area contributed by atoms with Gasteiger partial charge in [-0.15, -0.1) is 0 Å². The second kappa shape index (κ2) is 8.27. The summed E-state index contributed by atoms with van der Waals surface area (Å²) >= 11 is 0. The zero-order valence-electron chi connectivity index (χ0n) is 16.1. The average Bonchev–Trinajstić information content (AvgIpc) is 3.12. The summed E-state index contributed by atoms with van der Waals surface area (Å²) in [5.41, 5.74) is 1.26. The summed E-state index contributed by atoms with van der Waals surface area (Å²) < 4.78 is 31.1. The van der Waals surface area contributed by atoms with Crippen LogP contribution in [-0.2, 0) is 14.6 Å². The van der Waals surface area contributed by atoms with Gasteiger partial charge in [-0.3, -0.25) is 9.89 Å². The first-order chi connectivity index (χ1) is 13.8. The molecular formula is C18H20N6O4S. The van der Waals surface area contributed by atoms with Crippen LogP contribution in [-0.4, -0.2) is 41.6 Å². The number of carbonyl (C=O) groups is 1. The molecule has 152 valence electrons. The van der Waals surface area contributed by atoms with Gasteiger partial charge >= 0.3 is 0 Å². The van der Waals surface area contributed by atoms with Crippen molar-refractivity contribution >= 4 is 33.1 Å². The molecule has 0 spiro atoms. The van der Waals surface area contributed by atoms with Crippen molar-refractivity contribution in [3.8, 4) is 5.88 Å². The number of methoxy groups -OCH3 is 1. The summed E-state index contributed by atoms with van der Waals surface area (Å²) in [7, 11) is -2.63. The van der Waals surface area contributed by atoms with Crippen molar-refractivity contribution in [2.24, 2.45) is 0 Å². The van der Waals surface area contributed by atoms with Crippen molar-refractivity contribution in [2.45, 2.75) is 30.3 Å². The third-order valence-corrected chi connectivity index (χ3v) is 5.43. The lowest BCUT2D eigenvalue weighted by molar-refractivity contribution is -0.115.